The lowest BCUT2D eigenvalue weighted by Gasteiger charge is -2.22. The Morgan fingerprint density at radius 2 is 1.39 bits per heavy atom. The van der Waals surface area contributed by atoms with E-state index in [1.807, 2.05) is 58.0 Å². The predicted octanol–water partition coefficient (Wildman–Crippen LogP) is 6.50. The maximum Gasteiger partial charge on any atom is 0.259 e. The zero-order chi connectivity index (χ0) is 24.1. The van der Waals surface area contributed by atoms with Crippen molar-refractivity contribution in [1.29, 1.82) is 0 Å². The van der Waals surface area contributed by atoms with Crippen LogP contribution in [0.5, 0.6) is 0 Å². The van der Waals surface area contributed by atoms with Gasteiger partial charge in [-0.15, -0.1) is 0 Å². The largest absolute Gasteiger partial charge is 0.466 e. The molecule has 0 bridgehead atoms. The third-order valence-corrected chi connectivity index (χ3v) is 6.39. The number of rotatable bonds is 4. The third kappa shape index (κ3) is 5.56. The van der Waals surface area contributed by atoms with Gasteiger partial charge in [-0.2, -0.15) is 0 Å². The topological polar surface area (TPSA) is 98.5 Å². The summed E-state index contributed by atoms with van der Waals surface area (Å²) in [6.45, 7) is 9.32. The van der Waals surface area contributed by atoms with Crippen LogP contribution in [0, 0.1) is 34.6 Å². The molecule has 1 fully saturated rings. The maximum absolute atomic E-state index is 12.1. The van der Waals surface area contributed by atoms with Crippen LogP contribution < -0.4 is 11.1 Å². The summed E-state index contributed by atoms with van der Waals surface area (Å²) >= 11 is 0. The third-order valence-electron chi connectivity index (χ3n) is 6.39. The molecule has 0 spiro atoms. The molecule has 1 saturated carbocycles. The highest BCUT2D eigenvalue weighted by molar-refractivity contribution is 6.06. The average Bonchev–Trinajstić information content (AvgIpc) is 3.23. The van der Waals surface area contributed by atoms with E-state index < -0.39 is 0 Å². The summed E-state index contributed by atoms with van der Waals surface area (Å²) in [5.74, 6) is 2.99. The molecule has 1 aliphatic carbocycles. The van der Waals surface area contributed by atoms with Crippen LogP contribution in [0.1, 0.15) is 92.9 Å². The highest BCUT2D eigenvalue weighted by atomic mass is 16.3. The molecule has 0 saturated heterocycles. The molecule has 176 valence electrons. The Balaban J connectivity index is 0.000000186. The number of furan rings is 2. The van der Waals surface area contributed by atoms with E-state index in [2.05, 4.69) is 5.32 Å². The summed E-state index contributed by atoms with van der Waals surface area (Å²) in [5.41, 5.74) is 9.46. The van der Waals surface area contributed by atoms with Crippen molar-refractivity contribution >= 4 is 17.5 Å². The van der Waals surface area contributed by atoms with Gasteiger partial charge in [-0.25, -0.2) is 0 Å². The van der Waals surface area contributed by atoms with E-state index in [1.165, 1.54) is 19.3 Å². The number of nitrogens with one attached hydrogen (secondary N) is 1. The molecule has 2 aromatic heterocycles. The molecule has 3 aromatic rings. The minimum Gasteiger partial charge on any atom is -0.466 e. The van der Waals surface area contributed by atoms with E-state index in [1.54, 1.807) is 6.92 Å². The van der Waals surface area contributed by atoms with Gasteiger partial charge < -0.3 is 19.9 Å². The second-order valence-corrected chi connectivity index (χ2v) is 8.74. The molecule has 0 aliphatic heterocycles. The molecule has 2 amide bonds. The fourth-order valence-corrected chi connectivity index (χ4v) is 4.73. The minimum absolute atomic E-state index is 0.122. The number of hydrogen-bond acceptors (Lipinski definition) is 4. The number of anilines is 1. The van der Waals surface area contributed by atoms with E-state index in [0.29, 0.717) is 28.6 Å². The molecule has 3 N–H and O–H groups in total. The molecule has 33 heavy (non-hydrogen) atoms. The van der Waals surface area contributed by atoms with Crippen LogP contribution in [0.25, 0.3) is 0 Å². The second-order valence-electron chi connectivity index (χ2n) is 8.74. The minimum atomic E-state index is -0.352. The zero-order valence-electron chi connectivity index (χ0n) is 20.2. The summed E-state index contributed by atoms with van der Waals surface area (Å²) in [7, 11) is 0. The van der Waals surface area contributed by atoms with E-state index >= 15 is 0 Å². The summed E-state index contributed by atoms with van der Waals surface area (Å²) in [5, 5.41) is 2.85. The first-order chi connectivity index (χ1) is 15.7. The van der Waals surface area contributed by atoms with Crippen LogP contribution in [0.4, 0.5) is 5.69 Å². The number of carbonyl (C=O) groups excluding carboxylic acids is 2. The monoisotopic (exact) mass is 450 g/mol. The van der Waals surface area contributed by atoms with Crippen molar-refractivity contribution < 1.29 is 18.4 Å². The molecule has 0 unspecified atom stereocenters. The van der Waals surface area contributed by atoms with E-state index in [-0.39, 0.29) is 11.8 Å². The van der Waals surface area contributed by atoms with Crippen LogP contribution in [-0.2, 0) is 0 Å². The van der Waals surface area contributed by atoms with Gasteiger partial charge in [-0.3, -0.25) is 9.59 Å². The smallest absolute Gasteiger partial charge is 0.259 e. The van der Waals surface area contributed by atoms with Crippen LogP contribution in [0.2, 0.25) is 0 Å². The van der Waals surface area contributed by atoms with Gasteiger partial charge in [0, 0.05) is 16.8 Å². The molecule has 1 aliphatic rings. The van der Waals surface area contributed by atoms with Crippen LogP contribution in [-0.4, -0.2) is 11.8 Å². The average molecular weight is 451 g/mol. The molecule has 1 aromatic carbocycles. The summed E-state index contributed by atoms with van der Waals surface area (Å²) in [6, 6.07) is 9.39. The lowest BCUT2D eigenvalue weighted by molar-refractivity contribution is 0.0994. The molecule has 0 radical (unpaired) electrons. The second kappa shape index (κ2) is 10.6. The fourth-order valence-electron chi connectivity index (χ4n) is 4.73. The molecule has 0 atom stereocenters. The Morgan fingerprint density at radius 1 is 0.818 bits per heavy atom. The van der Waals surface area contributed by atoms with Gasteiger partial charge in [0.2, 0.25) is 0 Å². The Morgan fingerprint density at radius 3 is 1.94 bits per heavy atom. The highest BCUT2D eigenvalue weighted by Gasteiger charge is 2.27. The van der Waals surface area contributed by atoms with Gasteiger partial charge in [0.15, 0.2) is 0 Å². The first-order valence-corrected chi connectivity index (χ1v) is 11.5. The van der Waals surface area contributed by atoms with Crippen molar-refractivity contribution in [3.05, 3.63) is 75.6 Å². The Labute approximate surface area is 195 Å². The van der Waals surface area contributed by atoms with Crippen LogP contribution in [0.15, 0.2) is 39.2 Å². The summed E-state index contributed by atoms with van der Waals surface area (Å²) in [4.78, 5) is 23.6. The number of amides is 2. The highest BCUT2D eigenvalue weighted by Crippen LogP contribution is 2.38. The van der Waals surface area contributed by atoms with Crippen molar-refractivity contribution in [2.24, 2.45) is 5.73 Å². The van der Waals surface area contributed by atoms with Crippen LogP contribution in [0.3, 0.4) is 0 Å². The van der Waals surface area contributed by atoms with Crippen molar-refractivity contribution in [3.63, 3.8) is 0 Å². The van der Waals surface area contributed by atoms with E-state index in [4.69, 9.17) is 14.6 Å². The predicted molar refractivity (Wildman–Crippen MR) is 130 cm³/mol. The number of benzene rings is 1. The molecule has 6 heteroatoms. The molecule has 4 rings (SSSR count). The first kappa shape index (κ1) is 24.4. The zero-order valence-corrected chi connectivity index (χ0v) is 20.2. The number of nitrogens with two attached hydrogens (primary N) is 1. The Hall–Kier alpha value is -3.28. The molecule has 2 heterocycles. The number of aryl methyl sites for hydroxylation is 4. The number of para-hydroxylation sites is 1. The SMILES string of the molecule is Cc1oc(C)c(C(=O)Nc2ccccc2)c1C.Cc1oc(C)c(C2CCCCC2)c1C(N)=O. The van der Waals surface area contributed by atoms with Crippen molar-refractivity contribution in [2.45, 2.75) is 72.6 Å². The quantitative estimate of drug-likeness (QED) is 0.474. The molecule has 6 nitrogen and oxygen atoms in total. The summed E-state index contributed by atoms with van der Waals surface area (Å²) < 4.78 is 11.0. The van der Waals surface area contributed by atoms with Gasteiger partial charge in [0.05, 0.1) is 11.1 Å². The summed E-state index contributed by atoms with van der Waals surface area (Å²) in [6.07, 6.45) is 6.09. The van der Waals surface area contributed by atoms with Crippen molar-refractivity contribution in [1.82, 2.24) is 0 Å². The Kier molecular flexibility index (Phi) is 7.79. The number of primary amides is 1. The first-order valence-electron chi connectivity index (χ1n) is 11.5. The molecular formula is C27H34N2O4. The van der Waals surface area contributed by atoms with Gasteiger partial charge in [-0.1, -0.05) is 37.5 Å². The lowest BCUT2D eigenvalue weighted by Crippen LogP contribution is -2.16. The van der Waals surface area contributed by atoms with Gasteiger partial charge in [-0.05, 0) is 65.5 Å². The lowest BCUT2D eigenvalue weighted by atomic mass is 9.82. The fraction of sp³-hybridized carbons (Fsp3) is 0.407. The maximum atomic E-state index is 12.1. The van der Waals surface area contributed by atoms with Crippen molar-refractivity contribution in [3.8, 4) is 0 Å². The van der Waals surface area contributed by atoms with Gasteiger partial charge >= 0.3 is 0 Å². The Bertz CT molecular complexity index is 1120. The number of hydrogen-bond donors (Lipinski definition) is 2. The molecular weight excluding hydrogens is 416 g/mol. The van der Waals surface area contributed by atoms with Crippen molar-refractivity contribution in [2.75, 3.05) is 5.32 Å². The van der Waals surface area contributed by atoms with E-state index in [0.717, 1.165) is 41.2 Å². The van der Waals surface area contributed by atoms with Gasteiger partial charge in [0.25, 0.3) is 11.8 Å². The van der Waals surface area contributed by atoms with E-state index in [9.17, 15) is 9.59 Å². The van der Waals surface area contributed by atoms with Gasteiger partial charge in [0.1, 0.15) is 23.0 Å². The normalized spacial score (nSPS) is 13.8. The standard InChI is InChI=1S/C14H15NO2.C13H19NO2/c1-9-10(2)17-11(3)13(9)14(16)15-12-7-5-4-6-8-12;1-8-11(10-6-4-3-5-7-10)12(13(14)15)9(2)16-8/h4-8H,1-3H3,(H,15,16);10H,3-7H2,1-2H3,(H2,14,15). The van der Waals surface area contributed by atoms with Crippen LogP contribution >= 0.6 is 0 Å². The number of carbonyl (C=O) groups is 2.